The number of anilines is 5. The van der Waals surface area contributed by atoms with Crippen LogP contribution in [0, 0.1) is 5.92 Å². The van der Waals surface area contributed by atoms with E-state index < -0.39 is 0 Å². The summed E-state index contributed by atoms with van der Waals surface area (Å²) in [4.78, 5) is 21.7. The lowest BCUT2D eigenvalue weighted by Gasteiger charge is -2.62. The maximum absolute atomic E-state index is 13.1. The zero-order chi connectivity index (χ0) is 25.5. The molecule has 186 valence electrons. The lowest BCUT2D eigenvalue weighted by molar-refractivity contribution is -0.0272. The minimum Gasteiger partial charge on any atom is -0.355 e. The molecule has 6 heteroatoms. The van der Waals surface area contributed by atoms with Gasteiger partial charge in [0.25, 0.3) is 5.91 Å². The number of nitrogens with zero attached hydrogens (tertiary/aromatic N) is 2. The fraction of sp³-hybridized carbons (Fsp3) is 0.156. The summed E-state index contributed by atoms with van der Waals surface area (Å²) in [5, 5.41) is 11.0. The predicted octanol–water partition coefficient (Wildman–Crippen LogP) is 7.42. The summed E-state index contributed by atoms with van der Waals surface area (Å²) in [5.74, 6) is 0.770. The van der Waals surface area contributed by atoms with Crippen LogP contribution in [0.25, 0.3) is 10.9 Å². The molecule has 3 aliphatic rings. The molecule has 0 atom stereocenters. The van der Waals surface area contributed by atoms with Crippen LogP contribution in [0.5, 0.6) is 0 Å². The summed E-state index contributed by atoms with van der Waals surface area (Å²) in [6.45, 7) is 0. The molecule has 0 saturated heterocycles. The number of carbonyl (C=O) groups is 1. The number of carbonyl (C=O) groups excluding carboxylic acids is 1. The van der Waals surface area contributed by atoms with Crippen LogP contribution in [0.15, 0.2) is 104 Å². The van der Waals surface area contributed by atoms with Gasteiger partial charge in [-0.25, -0.2) is 0 Å². The zero-order valence-corrected chi connectivity index (χ0v) is 20.8. The number of hydrogen-bond donors (Lipinski definition) is 3. The van der Waals surface area contributed by atoms with Gasteiger partial charge >= 0.3 is 0 Å². The molecule has 6 nitrogen and oxygen atoms in total. The van der Waals surface area contributed by atoms with E-state index in [4.69, 9.17) is 0 Å². The molecule has 3 N–H and O–H groups in total. The van der Waals surface area contributed by atoms with Crippen molar-refractivity contribution in [3.05, 3.63) is 115 Å². The van der Waals surface area contributed by atoms with E-state index in [1.54, 1.807) is 12.4 Å². The number of amides is 1. The predicted molar refractivity (Wildman–Crippen MR) is 152 cm³/mol. The molecule has 38 heavy (non-hydrogen) atoms. The molecule has 2 heterocycles. The maximum Gasteiger partial charge on any atom is 0.255 e. The molecule has 5 aromatic rings. The van der Waals surface area contributed by atoms with Crippen molar-refractivity contribution in [3.8, 4) is 0 Å². The van der Waals surface area contributed by atoms with Gasteiger partial charge in [0.05, 0.1) is 5.52 Å². The van der Waals surface area contributed by atoms with Gasteiger partial charge in [-0.1, -0.05) is 18.2 Å². The summed E-state index contributed by atoms with van der Waals surface area (Å²) in [6, 6.07) is 27.7. The average Bonchev–Trinajstić information content (AvgIpc) is 2.88. The minimum atomic E-state index is -0.166. The highest BCUT2D eigenvalue weighted by Gasteiger charge is 2.57. The van der Waals surface area contributed by atoms with E-state index in [0.29, 0.717) is 16.7 Å². The number of aromatic nitrogens is 2. The first-order valence-electron chi connectivity index (χ1n) is 13.0. The molecular formula is C32H27N5O. The lowest BCUT2D eigenvalue weighted by Crippen LogP contribution is -2.55. The molecule has 3 aromatic carbocycles. The van der Waals surface area contributed by atoms with Crippen LogP contribution >= 0.6 is 0 Å². The highest BCUT2D eigenvalue weighted by molar-refractivity contribution is 6.05. The summed E-state index contributed by atoms with van der Waals surface area (Å²) in [7, 11) is 0. The van der Waals surface area contributed by atoms with E-state index in [-0.39, 0.29) is 5.91 Å². The molecule has 3 aliphatic carbocycles. The number of pyridine rings is 2. The summed E-state index contributed by atoms with van der Waals surface area (Å²) >= 11 is 0. The maximum atomic E-state index is 13.1. The quantitative estimate of drug-likeness (QED) is 0.218. The van der Waals surface area contributed by atoms with Gasteiger partial charge in [-0.2, -0.15) is 0 Å². The summed E-state index contributed by atoms with van der Waals surface area (Å²) < 4.78 is 0. The first-order valence-corrected chi connectivity index (χ1v) is 13.0. The number of hydrogen-bond acceptors (Lipinski definition) is 5. The van der Waals surface area contributed by atoms with Crippen molar-refractivity contribution in [1.29, 1.82) is 0 Å². The molecular weight excluding hydrogens is 470 g/mol. The van der Waals surface area contributed by atoms with Crippen LogP contribution in [0.4, 0.5) is 28.4 Å². The second kappa shape index (κ2) is 8.99. The second-order valence-electron chi connectivity index (χ2n) is 10.5. The number of nitrogens with one attached hydrogen (secondary N) is 3. The smallest absolute Gasteiger partial charge is 0.255 e. The lowest BCUT2D eigenvalue weighted by atomic mass is 9.42. The van der Waals surface area contributed by atoms with Gasteiger partial charge in [0.2, 0.25) is 0 Å². The Hall–Kier alpha value is -4.71. The number of rotatable bonds is 7. The van der Waals surface area contributed by atoms with Gasteiger partial charge in [-0.3, -0.25) is 14.8 Å². The van der Waals surface area contributed by atoms with Crippen molar-refractivity contribution in [1.82, 2.24) is 9.97 Å². The van der Waals surface area contributed by atoms with Crippen LogP contribution in [0.2, 0.25) is 0 Å². The largest absolute Gasteiger partial charge is 0.355 e. The monoisotopic (exact) mass is 497 g/mol. The van der Waals surface area contributed by atoms with Crippen LogP contribution in [0.3, 0.4) is 0 Å². The molecule has 3 fully saturated rings. The third kappa shape index (κ3) is 4.14. The Kier molecular flexibility index (Phi) is 5.32. The molecule has 0 spiro atoms. The minimum absolute atomic E-state index is 0.166. The van der Waals surface area contributed by atoms with E-state index in [2.05, 4.69) is 44.1 Å². The van der Waals surface area contributed by atoms with E-state index >= 15 is 0 Å². The second-order valence-corrected chi connectivity index (χ2v) is 10.5. The van der Waals surface area contributed by atoms with Gasteiger partial charge in [0.1, 0.15) is 0 Å². The Bertz CT molecular complexity index is 1650. The van der Waals surface area contributed by atoms with Crippen molar-refractivity contribution >= 4 is 45.2 Å². The van der Waals surface area contributed by atoms with Crippen molar-refractivity contribution in [2.75, 3.05) is 16.0 Å². The zero-order valence-electron chi connectivity index (χ0n) is 20.8. The van der Waals surface area contributed by atoms with Crippen molar-refractivity contribution < 1.29 is 4.79 Å². The molecule has 0 aliphatic heterocycles. The third-order valence-electron chi connectivity index (χ3n) is 7.89. The highest BCUT2D eigenvalue weighted by atomic mass is 16.1. The Morgan fingerprint density at radius 3 is 2.29 bits per heavy atom. The fourth-order valence-corrected chi connectivity index (χ4v) is 5.79. The standard InChI is InChI=1S/C32H27N5O/c38-31(37-27-6-2-5-26(17-27)35-24-9-12-33-13-10-24)22-3-1-4-25(15-22)36-30-11-14-34-29-8-7-23(16-28(29)30)32-18-21(19-32)20-32/h1-17,21H,18-20H2,(H,33,35)(H,34,36)(H,37,38). The van der Waals surface area contributed by atoms with Crippen LogP contribution < -0.4 is 16.0 Å². The SMILES string of the molecule is O=C(Nc1cccc(Nc2ccncc2)c1)c1cccc(Nc2ccnc3ccc(C45CC(C4)C5)cc23)c1. The highest BCUT2D eigenvalue weighted by Crippen LogP contribution is 2.65. The topological polar surface area (TPSA) is 78.9 Å². The molecule has 0 unspecified atom stereocenters. The summed E-state index contributed by atoms with van der Waals surface area (Å²) in [5.41, 5.74) is 7.76. The third-order valence-corrected chi connectivity index (χ3v) is 7.89. The number of benzene rings is 3. The molecule has 8 rings (SSSR count). The Morgan fingerprint density at radius 2 is 1.50 bits per heavy atom. The van der Waals surface area contributed by atoms with Gasteiger partial charge in [-0.05, 0) is 103 Å². The summed E-state index contributed by atoms with van der Waals surface area (Å²) in [6.07, 6.45) is 9.26. The normalized spacial score (nSPS) is 19.2. The van der Waals surface area contributed by atoms with E-state index in [9.17, 15) is 4.79 Å². The van der Waals surface area contributed by atoms with Crippen LogP contribution in [-0.2, 0) is 5.41 Å². The Morgan fingerprint density at radius 1 is 0.737 bits per heavy atom. The molecule has 3 saturated carbocycles. The van der Waals surface area contributed by atoms with E-state index in [0.717, 1.165) is 39.6 Å². The number of fused-ring (bicyclic) bond motifs is 1. The Balaban J connectivity index is 1.09. The van der Waals surface area contributed by atoms with E-state index in [1.807, 2.05) is 72.9 Å². The first-order chi connectivity index (χ1) is 18.6. The first kappa shape index (κ1) is 22.5. The van der Waals surface area contributed by atoms with Gasteiger partial charge < -0.3 is 16.0 Å². The Labute approximate surface area is 221 Å². The van der Waals surface area contributed by atoms with Crippen molar-refractivity contribution in [2.24, 2.45) is 5.92 Å². The van der Waals surface area contributed by atoms with Crippen molar-refractivity contribution in [2.45, 2.75) is 24.7 Å². The van der Waals surface area contributed by atoms with Crippen LogP contribution in [0.1, 0.15) is 35.2 Å². The average molecular weight is 498 g/mol. The van der Waals surface area contributed by atoms with Crippen LogP contribution in [-0.4, -0.2) is 15.9 Å². The van der Waals surface area contributed by atoms with Gasteiger partial charge in [-0.15, -0.1) is 0 Å². The van der Waals surface area contributed by atoms with Gasteiger partial charge in [0.15, 0.2) is 0 Å². The fourth-order valence-electron chi connectivity index (χ4n) is 5.79. The van der Waals surface area contributed by atoms with E-state index in [1.165, 1.54) is 24.8 Å². The molecule has 1 amide bonds. The van der Waals surface area contributed by atoms with Gasteiger partial charge in [0, 0.05) is 58.0 Å². The molecule has 2 aromatic heterocycles. The molecule has 2 bridgehead atoms. The molecule has 0 radical (unpaired) electrons. The van der Waals surface area contributed by atoms with Crippen molar-refractivity contribution in [3.63, 3.8) is 0 Å².